The van der Waals surface area contributed by atoms with Crippen LogP contribution in [0.1, 0.15) is 46.3 Å². The second-order valence-corrected chi connectivity index (χ2v) is 7.72. The monoisotopic (exact) mass is 457 g/mol. The van der Waals surface area contributed by atoms with Crippen molar-refractivity contribution in [2.75, 3.05) is 6.54 Å². The van der Waals surface area contributed by atoms with Crippen LogP contribution in [0.25, 0.3) is 5.69 Å². The molecule has 8 nitrogen and oxygen atoms in total. The summed E-state index contributed by atoms with van der Waals surface area (Å²) in [4.78, 5) is 24.7. The third-order valence-corrected chi connectivity index (χ3v) is 5.16. The SMILES string of the molecule is CCNC(=O)c1ccc(-n2nnc(C(=O)NC3CC3)c2COc2ccc(F)c(Cl)c2)cc1. The quantitative estimate of drug-likeness (QED) is 0.541. The minimum atomic E-state index is -0.553. The second kappa shape index (κ2) is 9.35. The predicted molar refractivity (Wildman–Crippen MR) is 116 cm³/mol. The molecule has 2 aromatic carbocycles. The van der Waals surface area contributed by atoms with Crippen molar-refractivity contribution < 1.29 is 18.7 Å². The first-order valence-corrected chi connectivity index (χ1v) is 10.6. The highest BCUT2D eigenvalue weighted by molar-refractivity contribution is 6.30. The van der Waals surface area contributed by atoms with Crippen LogP contribution < -0.4 is 15.4 Å². The lowest BCUT2D eigenvalue weighted by Crippen LogP contribution is -2.27. The zero-order valence-corrected chi connectivity index (χ0v) is 18.0. The number of ether oxygens (including phenoxy) is 1. The molecule has 2 N–H and O–H groups in total. The Balaban J connectivity index is 1.62. The van der Waals surface area contributed by atoms with E-state index in [1.54, 1.807) is 24.3 Å². The van der Waals surface area contributed by atoms with Gasteiger partial charge < -0.3 is 15.4 Å². The van der Waals surface area contributed by atoms with E-state index in [1.165, 1.54) is 22.9 Å². The standard InChI is InChI=1S/C22H21ClFN5O3/c1-2-25-21(30)13-3-7-15(8-4-13)29-19(12-32-16-9-10-18(24)17(23)11-16)20(27-28-29)22(31)26-14-5-6-14/h3-4,7-11,14H,2,5-6,12H2,1H3,(H,25,30)(H,26,31). The van der Waals surface area contributed by atoms with Crippen LogP contribution in [0.4, 0.5) is 4.39 Å². The maximum atomic E-state index is 13.4. The van der Waals surface area contributed by atoms with Gasteiger partial charge in [0, 0.05) is 24.2 Å². The number of hydrogen-bond acceptors (Lipinski definition) is 5. The first kappa shape index (κ1) is 21.8. The van der Waals surface area contributed by atoms with Gasteiger partial charge in [0.25, 0.3) is 11.8 Å². The lowest BCUT2D eigenvalue weighted by atomic mass is 10.2. The van der Waals surface area contributed by atoms with E-state index in [1.807, 2.05) is 6.92 Å². The van der Waals surface area contributed by atoms with Gasteiger partial charge in [-0.3, -0.25) is 9.59 Å². The molecule has 0 radical (unpaired) electrons. The summed E-state index contributed by atoms with van der Waals surface area (Å²) >= 11 is 5.83. The number of carbonyl (C=O) groups excluding carboxylic acids is 2. The number of nitrogens with zero attached hydrogens (tertiary/aromatic N) is 3. The van der Waals surface area contributed by atoms with Gasteiger partial charge in [-0.2, -0.15) is 0 Å². The lowest BCUT2D eigenvalue weighted by molar-refractivity contribution is 0.0939. The number of benzene rings is 2. The molecule has 0 bridgehead atoms. The molecule has 3 aromatic rings. The molecule has 1 heterocycles. The van der Waals surface area contributed by atoms with Crippen LogP contribution in [0, 0.1) is 5.82 Å². The molecule has 4 rings (SSSR count). The molecule has 2 amide bonds. The number of nitrogens with one attached hydrogen (secondary N) is 2. The Bertz CT molecular complexity index is 1140. The summed E-state index contributed by atoms with van der Waals surface area (Å²) in [5.41, 5.74) is 1.65. The van der Waals surface area contributed by atoms with Crippen LogP contribution in [0.15, 0.2) is 42.5 Å². The zero-order chi connectivity index (χ0) is 22.7. The molecule has 1 aromatic heterocycles. The third kappa shape index (κ3) is 4.88. The number of amides is 2. The van der Waals surface area contributed by atoms with Gasteiger partial charge in [0.2, 0.25) is 0 Å². The van der Waals surface area contributed by atoms with Gasteiger partial charge >= 0.3 is 0 Å². The fraction of sp³-hybridized carbons (Fsp3) is 0.273. The molecular weight excluding hydrogens is 437 g/mol. The Morgan fingerprint density at radius 2 is 1.94 bits per heavy atom. The predicted octanol–water partition coefficient (Wildman–Crippen LogP) is 3.28. The van der Waals surface area contributed by atoms with Crippen LogP contribution in [-0.2, 0) is 6.61 Å². The lowest BCUT2D eigenvalue weighted by Gasteiger charge is -2.11. The second-order valence-electron chi connectivity index (χ2n) is 7.32. The number of halogens is 2. The van der Waals surface area contributed by atoms with Gasteiger partial charge in [-0.05, 0) is 56.2 Å². The van der Waals surface area contributed by atoms with Crippen molar-refractivity contribution in [1.82, 2.24) is 25.6 Å². The maximum absolute atomic E-state index is 13.4. The first-order valence-electron chi connectivity index (χ1n) is 10.2. The average Bonchev–Trinajstić information content (AvgIpc) is 3.50. The molecule has 0 unspecified atom stereocenters. The highest BCUT2D eigenvalue weighted by Gasteiger charge is 2.28. The number of rotatable bonds is 8. The molecule has 1 aliphatic rings. The van der Waals surface area contributed by atoms with E-state index in [9.17, 15) is 14.0 Å². The first-order chi connectivity index (χ1) is 15.5. The summed E-state index contributed by atoms with van der Waals surface area (Å²) in [6, 6.07) is 10.9. The van der Waals surface area contributed by atoms with E-state index < -0.39 is 5.82 Å². The van der Waals surface area contributed by atoms with Gasteiger partial charge in [0.1, 0.15) is 23.9 Å². The van der Waals surface area contributed by atoms with Crippen molar-refractivity contribution in [2.24, 2.45) is 0 Å². The van der Waals surface area contributed by atoms with Gasteiger partial charge in [-0.25, -0.2) is 9.07 Å². The van der Waals surface area contributed by atoms with Crippen LogP contribution in [0.3, 0.4) is 0 Å². The minimum absolute atomic E-state index is 0.0551. The van der Waals surface area contributed by atoms with E-state index in [-0.39, 0.29) is 35.2 Å². The van der Waals surface area contributed by atoms with Crippen molar-refractivity contribution in [3.63, 3.8) is 0 Å². The van der Waals surface area contributed by atoms with Gasteiger partial charge in [-0.15, -0.1) is 5.10 Å². The molecule has 32 heavy (non-hydrogen) atoms. The van der Waals surface area contributed by atoms with Crippen LogP contribution in [0.5, 0.6) is 5.75 Å². The molecular formula is C22H21ClFN5O3. The van der Waals surface area contributed by atoms with Gasteiger partial charge in [-0.1, -0.05) is 16.8 Å². The number of hydrogen-bond donors (Lipinski definition) is 2. The summed E-state index contributed by atoms with van der Waals surface area (Å²) < 4.78 is 20.7. The van der Waals surface area contributed by atoms with Crippen molar-refractivity contribution in [3.8, 4) is 11.4 Å². The van der Waals surface area contributed by atoms with E-state index in [4.69, 9.17) is 16.3 Å². The van der Waals surface area contributed by atoms with E-state index in [0.29, 0.717) is 29.2 Å². The average molecular weight is 458 g/mol. The topological polar surface area (TPSA) is 98.1 Å². The van der Waals surface area contributed by atoms with Crippen molar-refractivity contribution >= 4 is 23.4 Å². The summed E-state index contributed by atoms with van der Waals surface area (Å²) in [6.45, 7) is 2.31. The van der Waals surface area contributed by atoms with Gasteiger partial charge in [0.15, 0.2) is 5.69 Å². The summed E-state index contributed by atoms with van der Waals surface area (Å²) in [5, 5.41) is 13.8. The molecule has 0 aliphatic heterocycles. The Labute approximate surface area is 188 Å². The van der Waals surface area contributed by atoms with Crippen molar-refractivity contribution in [2.45, 2.75) is 32.4 Å². The molecule has 1 aliphatic carbocycles. The molecule has 10 heteroatoms. The Kier molecular flexibility index (Phi) is 6.36. The molecule has 0 atom stereocenters. The summed E-state index contributed by atoms with van der Waals surface area (Å²) in [5.74, 6) is -0.737. The fourth-order valence-corrected chi connectivity index (χ4v) is 3.20. The van der Waals surface area contributed by atoms with Crippen molar-refractivity contribution in [3.05, 3.63) is 70.3 Å². The normalized spacial score (nSPS) is 13.0. The zero-order valence-electron chi connectivity index (χ0n) is 17.3. The Morgan fingerprint density at radius 3 is 2.59 bits per heavy atom. The van der Waals surface area contributed by atoms with Crippen LogP contribution in [-0.4, -0.2) is 39.4 Å². The van der Waals surface area contributed by atoms with Gasteiger partial charge in [0.05, 0.1) is 10.7 Å². The smallest absolute Gasteiger partial charge is 0.274 e. The van der Waals surface area contributed by atoms with E-state index in [2.05, 4.69) is 20.9 Å². The largest absolute Gasteiger partial charge is 0.487 e. The molecule has 1 saturated carbocycles. The molecule has 0 saturated heterocycles. The Hall–Kier alpha value is -3.46. The number of aromatic nitrogens is 3. The molecule has 1 fully saturated rings. The van der Waals surface area contributed by atoms with Crippen molar-refractivity contribution in [1.29, 1.82) is 0 Å². The highest BCUT2D eigenvalue weighted by atomic mass is 35.5. The van der Waals surface area contributed by atoms with Crippen LogP contribution >= 0.6 is 11.6 Å². The Morgan fingerprint density at radius 1 is 1.19 bits per heavy atom. The van der Waals surface area contributed by atoms with Crippen LogP contribution in [0.2, 0.25) is 5.02 Å². The summed E-state index contributed by atoms with van der Waals surface area (Å²) in [6.07, 6.45) is 1.86. The third-order valence-electron chi connectivity index (χ3n) is 4.87. The van der Waals surface area contributed by atoms with E-state index in [0.717, 1.165) is 12.8 Å². The highest BCUT2D eigenvalue weighted by Crippen LogP contribution is 2.24. The summed E-state index contributed by atoms with van der Waals surface area (Å²) in [7, 11) is 0. The maximum Gasteiger partial charge on any atom is 0.274 e. The molecule has 166 valence electrons. The van der Waals surface area contributed by atoms with E-state index >= 15 is 0 Å². The molecule has 0 spiro atoms. The number of carbonyl (C=O) groups is 2. The minimum Gasteiger partial charge on any atom is -0.487 e. The fourth-order valence-electron chi connectivity index (χ4n) is 3.03.